The van der Waals surface area contributed by atoms with Gasteiger partial charge < -0.3 is 10.1 Å². The van der Waals surface area contributed by atoms with Crippen molar-refractivity contribution in [2.45, 2.75) is 40.0 Å². The molecule has 4 nitrogen and oxygen atoms in total. The van der Waals surface area contributed by atoms with Crippen molar-refractivity contribution in [2.24, 2.45) is 0 Å². The number of aryl methyl sites for hydroxylation is 1. The second-order valence-corrected chi connectivity index (χ2v) is 4.89. The average Bonchev–Trinajstić information content (AvgIpc) is 2.51. The molecule has 112 valence electrons. The lowest BCUT2D eigenvalue weighted by molar-refractivity contribution is 0.454. The fraction of sp³-hybridized carbons (Fsp3) is 0.412. The largest absolute Gasteiger partial charge is 0.439 e. The molecular formula is C17H23N3O. The highest BCUT2D eigenvalue weighted by Gasteiger charge is 2.12. The first-order valence-corrected chi connectivity index (χ1v) is 7.63. The molecule has 0 atom stereocenters. The predicted molar refractivity (Wildman–Crippen MR) is 86.1 cm³/mol. The van der Waals surface area contributed by atoms with Crippen molar-refractivity contribution in [1.82, 2.24) is 9.97 Å². The predicted octanol–water partition coefficient (Wildman–Crippen LogP) is 4.22. The first-order valence-electron chi connectivity index (χ1n) is 7.63. The maximum atomic E-state index is 6.00. The molecule has 1 aromatic heterocycles. The molecule has 4 heteroatoms. The highest BCUT2D eigenvalue weighted by atomic mass is 16.5. The Balaban J connectivity index is 2.31. The van der Waals surface area contributed by atoms with Crippen molar-refractivity contribution in [2.75, 3.05) is 11.9 Å². The molecule has 2 aromatic rings. The molecule has 0 aliphatic carbocycles. The van der Waals surface area contributed by atoms with Crippen LogP contribution in [0.4, 0.5) is 5.82 Å². The monoisotopic (exact) mass is 285 g/mol. The number of nitrogens with one attached hydrogen (secondary N) is 1. The zero-order valence-electron chi connectivity index (χ0n) is 13.0. The number of hydrogen-bond acceptors (Lipinski definition) is 4. The van der Waals surface area contributed by atoms with Crippen molar-refractivity contribution in [3.8, 4) is 11.6 Å². The number of benzene rings is 1. The number of nitrogens with zero attached hydrogens (tertiary/aromatic N) is 2. The van der Waals surface area contributed by atoms with E-state index in [1.54, 1.807) is 6.33 Å². The fourth-order valence-corrected chi connectivity index (χ4v) is 2.22. The smallest absolute Gasteiger partial charge is 0.227 e. The molecular weight excluding hydrogens is 262 g/mol. The van der Waals surface area contributed by atoms with E-state index in [9.17, 15) is 0 Å². The van der Waals surface area contributed by atoms with Crippen molar-refractivity contribution >= 4 is 5.82 Å². The van der Waals surface area contributed by atoms with Gasteiger partial charge in [-0.1, -0.05) is 32.4 Å². The minimum atomic E-state index is 0.649. The molecule has 0 amide bonds. The molecule has 1 aromatic carbocycles. The Morgan fingerprint density at radius 1 is 1.14 bits per heavy atom. The number of anilines is 1. The summed E-state index contributed by atoms with van der Waals surface area (Å²) in [5.41, 5.74) is 2.30. The van der Waals surface area contributed by atoms with Gasteiger partial charge in [-0.3, -0.25) is 0 Å². The van der Waals surface area contributed by atoms with Crippen LogP contribution in [-0.2, 0) is 12.8 Å². The summed E-state index contributed by atoms with van der Waals surface area (Å²) in [5, 5.41) is 3.28. The first-order chi connectivity index (χ1) is 10.3. The normalized spacial score (nSPS) is 10.4. The van der Waals surface area contributed by atoms with E-state index in [1.165, 1.54) is 5.56 Å². The molecule has 0 aliphatic heterocycles. The summed E-state index contributed by atoms with van der Waals surface area (Å²) in [6, 6.07) is 8.14. The van der Waals surface area contributed by atoms with Crippen LogP contribution < -0.4 is 10.1 Å². The van der Waals surface area contributed by atoms with E-state index >= 15 is 0 Å². The molecule has 0 radical (unpaired) electrons. The second kappa shape index (κ2) is 7.62. The Bertz CT molecular complexity index is 584. The van der Waals surface area contributed by atoms with Crippen LogP contribution in [0.25, 0.3) is 0 Å². The van der Waals surface area contributed by atoms with Crippen LogP contribution in [0, 0.1) is 0 Å². The van der Waals surface area contributed by atoms with Gasteiger partial charge in [0.2, 0.25) is 5.88 Å². The van der Waals surface area contributed by atoms with E-state index in [0.29, 0.717) is 5.88 Å². The SMILES string of the molecule is CCCc1c(NCC)ncnc1Oc1cccc(CC)c1. The van der Waals surface area contributed by atoms with Gasteiger partial charge in [0, 0.05) is 6.54 Å². The van der Waals surface area contributed by atoms with Gasteiger partial charge in [-0.05, 0) is 37.5 Å². The van der Waals surface area contributed by atoms with Gasteiger partial charge in [0.25, 0.3) is 0 Å². The number of ether oxygens (including phenoxy) is 1. The van der Waals surface area contributed by atoms with Crippen LogP contribution in [0.1, 0.15) is 38.3 Å². The van der Waals surface area contributed by atoms with E-state index in [-0.39, 0.29) is 0 Å². The molecule has 1 N–H and O–H groups in total. The van der Waals surface area contributed by atoms with Gasteiger partial charge in [0.05, 0.1) is 5.56 Å². The number of aromatic nitrogens is 2. The lowest BCUT2D eigenvalue weighted by Gasteiger charge is -2.14. The summed E-state index contributed by atoms with van der Waals surface area (Å²) in [7, 11) is 0. The van der Waals surface area contributed by atoms with E-state index in [4.69, 9.17) is 4.74 Å². The maximum Gasteiger partial charge on any atom is 0.227 e. The topological polar surface area (TPSA) is 47.0 Å². The van der Waals surface area contributed by atoms with E-state index < -0.39 is 0 Å². The lowest BCUT2D eigenvalue weighted by atomic mass is 10.1. The second-order valence-electron chi connectivity index (χ2n) is 4.89. The van der Waals surface area contributed by atoms with Crippen LogP contribution >= 0.6 is 0 Å². The number of rotatable bonds is 7. The minimum Gasteiger partial charge on any atom is -0.439 e. The first kappa shape index (κ1) is 15.3. The molecule has 21 heavy (non-hydrogen) atoms. The summed E-state index contributed by atoms with van der Waals surface area (Å²) in [4.78, 5) is 8.64. The molecule has 0 unspecified atom stereocenters. The molecule has 0 spiro atoms. The van der Waals surface area contributed by atoms with E-state index in [1.807, 2.05) is 12.1 Å². The van der Waals surface area contributed by atoms with Crippen molar-refractivity contribution in [3.63, 3.8) is 0 Å². The average molecular weight is 285 g/mol. The van der Waals surface area contributed by atoms with Crippen LogP contribution in [0.15, 0.2) is 30.6 Å². The quantitative estimate of drug-likeness (QED) is 0.827. The highest BCUT2D eigenvalue weighted by Crippen LogP contribution is 2.28. The van der Waals surface area contributed by atoms with Gasteiger partial charge in [0.15, 0.2) is 0 Å². The van der Waals surface area contributed by atoms with Crippen molar-refractivity contribution in [1.29, 1.82) is 0 Å². The van der Waals surface area contributed by atoms with Crippen LogP contribution in [0.5, 0.6) is 11.6 Å². The molecule has 0 fully saturated rings. The summed E-state index contributed by atoms with van der Waals surface area (Å²) >= 11 is 0. The zero-order chi connectivity index (χ0) is 15.1. The van der Waals surface area contributed by atoms with Crippen LogP contribution in [0.2, 0.25) is 0 Å². The summed E-state index contributed by atoms with van der Waals surface area (Å²) < 4.78 is 6.00. The van der Waals surface area contributed by atoms with Crippen LogP contribution in [-0.4, -0.2) is 16.5 Å². The van der Waals surface area contributed by atoms with Gasteiger partial charge in [-0.2, -0.15) is 0 Å². The molecule has 0 aliphatic rings. The Labute approximate surface area is 126 Å². The molecule has 0 saturated carbocycles. The lowest BCUT2D eigenvalue weighted by Crippen LogP contribution is -2.06. The molecule has 0 saturated heterocycles. The highest BCUT2D eigenvalue weighted by molar-refractivity contribution is 5.50. The van der Waals surface area contributed by atoms with Crippen molar-refractivity contribution in [3.05, 3.63) is 41.7 Å². The molecule has 2 rings (SSSR count). The minimum absolute atomic E-state index is 0.649. The summed E-state index contributed by atoms with van der Waals surface area (Å²) in [5.74, 6) is 2.35. The summed E-state index contributed by atoms with van der Waals surface area (Å²) in [6.45, 7) is 7.17. The Kier molecular flexibility index (Phi) is 5.55. The van der Waals surface area contributed by atoms with Gasteiger partial charge in [0.1, 0.15) is 17.9 Å². The third-order valence-electron chi connectivity index (χ3n) is 3.27. The maximum absolute atomic E-state index is 6.00. The third kappa shape index (κ3) is 3.94. The Morgan fingerprint density at radius 2 is 2.00 bits per heavy atom. The van der Waals surface area contributed by atoms with Crippen LogP contribution in [0.3, 0.4) is 0 Å². The van der Waals surface area contributed by atoms with E-state index in [0.717, 1.165) is 42.9 Å². The van der Waals surface area contributed by atoms with Gasteiger partial charge in [-0.15, -0.1) is 0 Å². The Morgan fingerprint density at radius 3 is 2.71 bits per heavy atom. The molecule has 1 heterocycles. The zero-order valence-corrected chi connectivity index (χ0v) is 13.0. The third-order valence-corrected chi connectivity index (χ3v) is 3.27. The fourth-order valence-electron chi connectivity index (χ4n) is 2.22. The van der Waals surface area contributed by atoms with Gasteiger partial charge >= 0.3 is 0 Å². The van der Waals surface area contributed by atoms with Crippen molar-refractivity contribution < 1.29 is 4.74 Å². The standard InChI is InChI=1S/C17H23N3O/c1-4-8-15-16(18-6-3)19-12-20-17(15)21-14-10-7-9-13(5-2)11-14/h7,9-12H,4-6,8H2,1-3H3,(H,18,19,20). The number of hydrogen-bond donors (Lipinski definition) is 1. The van der Waals surface area contributed by atoms with E-state index in [2.05, 4.69) is 48.2 Å². The molecule has 0 bridgehead atoms. The summed E-state index contributed by atoms with van der Waals surface area (Å²) in [6.07, 6.45) is 4.46. The Hall–Kier alpha value is -2.10. The van der Waals surface area contributed by atoms with Gasteiger partial charge in [-0.25, -0.2) is 9.97 Å².